The maximum absolute atomic E-state index is 10.5. The van der Waals surface area contributed by atoms with Gasteiger partial charge in [-0.05, 0) is 13.0 Å². The predicted octanol–water partition coefficient (Wildman–Crippen LogP) is -0.185. The number of hydrogen-bond acceptors (Lipinski definition) is 4. The van der Waals surface area contributed by atoms with E-state index in [9.17, 15) is 9.59 Å². The number of hydrogen-bond donors (Lipinski definition) is 1. The fraction of sp³-hybridized carbons (Fsp3) is 0.667. The van der Waals surface area contributed by atoms with E-state index in [1.165, 1.54) is 6.92 Å². The highest BCUT2D eigenvalue weighted by Crippen LogP contribution is 1.90. The molecule has 0 rings (SSSR count). The molecule has 0 atom stereocenters. The quantitative estimate of drug-likeness (QED) is 0.441. The van der Waals surface area contributed by atoms with Crippen molar-refractivity contribution >= 4 is 11.9 Å². The van der Waals surface area contributed by atoms with Crippen LogP contribution in [-0.4, -0.2) is 18.5 Å². The number of carbonyl (C=O) groups is 2. The van der Waals surface area contributed by atoms with Crippen molar-refractivity contribution < 1.29 is 14.3 Å². The van der Waals surface area contributed by atoms with Gasteiger partial charge in [-0.2, -0.15) is 0 Å². The third-order valence-electron chi connectivity index (χ3n) is 0.843. The fourth-order valence-electron chi connectivity index (χ4n) is 0.458. The molecular weight excluding hydrogens is 134 g/mol. The lowest BCUT2D eigenvalue weighted by molar-refractivity contribution is -0.158. The van der Waals surface area contributed by atoms with Gasteiger partial charge in [0.2, 0.25) is 0 Å². The number of carbonyl (C=O) groups excluding carboxylic acids is 2. The Morgan fingerprint density at radius 1 is 1.50 bits per heavy atom. The minimum Gasteiger partial charge on any atom is -0.393 e. The maximum atomic E-state index is 10.5. The molecule has 0 saturated carbocycles. The highest BCUT2D eigenvalue weighted by Gasteiger charge is 2.03. The molecule has 0 spiro atoms. The van der Waals surface area contributed by atoms with Gasteiger partial charge in [0.1, 0.15) is 0 Å². The number of ether oxygens (including phenoxy) is 1. The van der Waals surface area contributed by atoms with Gasteiger partial charge in [-0.3, -0.25) is 9.59 Å². The van der Waals surface area contributed by atoms with Gasteiger partial charge in [-0.25, -0.2) is 0 Å². The molecule has 0 saturated heterocycles. The fourth-order valence-corrected chi connectivity index (χ4v) is 0.458. The second kappa shape index (κ2) is 4.93. The van der Waals surface area contributed by atoms with Crippen LogP contribution in [0.15, 0.2) is 0 Å². The van der Waals surface area contributed by atoms with Crippen LogP contribution in [0, 0.1) is 0 Å². The number of rotatable bonds is 3. The molecule has 0 aromatic heterocycles. The first-order valence-corrected chi connectivity index (χ1v) is 3.08. The zero-order valence-electron chi connectivity index (χ0n) is 5.92. The summed E-state index contributed by atoms with van der Waals surface area (Å²) in [4.78, 5) is 20.7. The molecule has 0 radical (unpaired) electrons. The van der Waals surface area contributed by atoms with Gasteiger partial charge in [-0.1, -0.05) is 0 Å². The van der Waals surface area contributed by atoms with E-state index < -0.39 is 11.9 Å². The average Bonchev–Trinajstić information content (AvgIpc) is 1.82. The molecule has 0 bridgehead atoms. The Labute approximate surface area is 59.3 Å². The normalized spacial score (nSPS) is 9.00. The molecule has 0 unspecified atom stereocenters. The summed E-state index contributed by atoms with van der Waals surface area (Å²) < 4.78 is 4.22. The Morgan fingerprint density at radius 3 is 2.50 bits per heavy atom. The summed E-state index contributed by atoms with van der Waals surface area (Å²) in [5, 5.41) is 0. The zero-order valence-corrected chi connectivity index (χ0v) is 5.92. The van der Waals surface area contributed by atoms with Gasteiger partial charge >= 0.3 is 11.9 Å². The first-order valence-electron chi connectivity index (χ1n) is 3.08. The number of esters is 2. The van der Waals surface area contributed by atoms with Crippen molar-refractivity contribution in [1.82, 2.24) is 0 Å². The lowest BCUT2D eigenvalue weighted by Gasteiger charge is -1.96. The van der Waals surface area contributed by atoms with Crippen LogP contribution in [-0.2, 0) is 14.3 Å². The molecule has 0 aliphatic rings. The third-order valence-corrected chi connectivity index (χ3v) is 0.843. The van der Waals surface area contributed by atoms with Crippen molar-refractivity contribution in [3.63, 3.8) is 0 Å². The molecule has 0 aliphatic carbocycles. The summed E-state index contributed by atoms with van der Waals surface area (Å²) in [5.41, 5.74) is 5.11. The van der Waals surface area contributed by atoms with Gasteiger partial charge < -0.3 is 10.5 Å². The van der Waals surface area contributed by atoms with E-state index in [4.69, 9.17) is 5.73 Å². The smallest absolute Gasteiger partial charge is 0.313 e. The largest absolute Gasteiger partial charge is 0.393 e. The minimum absolute atomic E-state index is 0.218. The van der Waals surface area contributed by atoms with E-state index in [1.807, 2.05) is 0 Å². The number of nitrogens with two attached hydrogens (primary N) is 1. The van der Waals surface area contributed by atoms with Gasteiger partial charge in [-0.15, -0.1) is 0 Å². The standard InChI is InChI=1S/C6H11NO3/c1-5(8)10-6(9)3-2-4-7/h2-4,7H2,1H3. The molecule has 2 N–H and O–H groups in total. The van der Waals surface area contributed by atoms with Crippen molar-refractivity contribution in [3.05, 3.63) is 0 Å². The topological polar surface area (TPSA) is 69.4 Å². The Hall–Kier alpha value is -0.900. The van der Waals surface area contributed by atoms with Crippen LogP contribution in [0.3, 0.4) is 0 Å². The first kappa shape index (κ1) is 9.10. The van der Waals surface area contributed by atoms with Crippen molar-refractivity contribution in [2.45, 2.75) is 19.8 Å². The Bertz CT molecular complexity index is 133. The molecule has 0 amide bonds. The van der Waals surface area contributed by atoms with Crippen LogP contribution in [0.1, 0.15) is 19.8 Å². The van der Waals surface area contributed by atoms with Gasteiger partial charge in [0.05, 0.1) is 0 Å². The molecule has 0 aromatic rings. The van der Waals surface area contributed by atoms with Crippen LogP contribution < -0.4 is 5.73 Å². The lowest BCUT2D eigenvalue weighted by atomic mass is 10.3. The monoisotopic (exact) mass is 145 g/mol. The van der Waals surface area contributed by atoms with E-state index >= 15 is 0 Å². The molecule has 0 aliphatic heterocycles. The van der Waals surface area contributed by atoms with Crippen LogP contribution >= 0.6 is 0 Å². The molecule has 0 aromatic carbocycles. The predicted molar refractivity (Wildman–Crippen MR) is 35.1 cm³/mol. The Balaban J connectivity index is 3.35. The molecule has 0 heterocycles. The van der Waals surface area contributed by atoms with Crippen molar-refractivity contribution in [1.29, 1.82) is 0 Å². The van der Waals surface area contributed by atoms with Crippen LogP contribution in [0.5, 0.6) is 0 Å². The van der Waals surface area contributed by atoms with Crippen molar-refractivity contribution in [2.24, 2.45) is 5.73 Å². The summed E-state index contributed by atoms with van der Waals surface area (Å²) in [7, 11) is 0. The van der Waals surface area contributed by atoms with Gasteiger partial charge in [0.15, 0.2) is 0 Å². The van der Waals surface area contributed by atoms with Crippen LogP contribution in [0.25, 0.3) is 0 Å². The average molecular weight is 145 g/mol. The second-order valence-corrected chi connectivity index (χ2v) is 1.86. The molecule has 58 valence electrons. The molecule has 10 heavy (non-hydrogen) atoms. The first-order chi connectivity index (χ1) is 4.66. The molecule has 4 nitrogen and oxygen atoms in total. The van der Waals surface area contributed by atoms with Crippen molar-refractivity contribution in [3.8, 4) is 0 Å². The Kier molecular flexibility index (Phi) is 4.49. The zero-order chi connectivity index (χ0) is 7.98. The van der Waals surface area contributed by atoms with E-state index in [0.717, 1.165) is 0 Å². The summed E-state index contributed by atoms with van der Waals surface area (Å²) in [5.74, 6) is -1.07. The highest BCUT2D eigenvalue weighted by atomic mass is 16.6. The van der Waals surface area contributed by atoms with E-state index in [2.05, 4.69) is 4.74 Å². The summed E-state index contributed by atoms with van der Waals surface area (Å²) in [6.07, 6.45) is 0.780. The SMILES string of the molecule is CC(=O)OC(=O)CCCN. The van der Waals surface area contributed by atoms with E-state index in [-0.39, 0.29) is 6.42 Å². The molecule has 0 fully saturated rings. The van der Waals surface area contributed by atoms with Crippen LogP contribution in [0.4, 0.5) is 0 Å². The summed E-state index contributed by atoms with van der Waals surface area (Å²) in [6.45, 7) is 1.63. The third kappa shape index (κ3) is 5.24. The van der Waals surface area contributed by atoms with Crippen molar-refractivity contribution in [2.75, 3.05) is 6.54 Å². The lowest BCUT2D eigenvalue weighted by Crippen LogP contribution is -2.10. The summed E-state index contributed by atoms with van der Waals surface area (Å²) in [6, 6.07) is 0. The van der Waals surface area contributed by atoms with Gasteiger partial charge in [0.25, 0.3) is 0 Å². The van der Waals surface area contributed by atoms with Gasteiger partial charge in [0, 0.05) is 13.3 Å². The van der Waals surface area contributed by atoms with Crippen LogP contribution in [0.2, 0.25) is 0 Å². The Morgan fingerprint density at radius 2 is 2.10 bits per heavy atom. The van der Waals surface area contributed by atoms with E-state index in [0.29, 0.717) is 13.0 Å². The molecule has 4 heteroatoms. The minimum atomic E-state index is -0.568. The summed E-state index contributed by atoms with van der Waals surface area (Å²) >= 11 is 0. The second-order valence-electron chi connectivity index (χ2n) is 1.86. The highest BCUT2D eigenvalue weighted by molar-refractivity contribution is 5.83. The molecular formula is C6H11NO3. The van der Waals surface area contributed by atoms with E-state index in [1.54, 1.807) is 0 Å². The maximum Gasteiger partial charge on any atom is 0.313 e.